The van der Waals surface area contributed by atoms with Crippen LogP contribution in [0.15, 0.2) is 48.4 Å². The highest BCUT2D eigenvalue weighted by atomic mass is 32.1. The monoisotopic (exact) mass is 545 g/mol. The molecule has 3 aromatic heterocycles. The Kier molecular flexibility index (Phi) is 6.57. The molecule has 0 bridgehead atoms. The van der Waals surface area contributed by atoms with E-state index in [0.717, 1.165) is 25.2 Å². The number of halogens is 1. The summed E-state index contributed by atoms with van der Waals surface area (Å²) in [5.74, 6) is 0.0383. The Morgan fingerprint density at radius 2 is 2.00 bits per heavy atom. The Bertz CT molecular complexity index is 1680. The minimum absolute atomic E-state index is 0.0719. The fourth-order valence-electron chi connectivity index (χ4n) is 5.01. The van der Waals surface area contributed by atoms with Crippen LogP contribution < -0.4 is 10.6 Å². The van der Waals surface area contributed by atoms with Crippen molar-refractivity contribution in [1.29, 1.82) is 0 Å². The number of carbonyl (C=O) groups is 1. The van der Waals surface area contributed by atoms with Crippen molar-refractivity contribution in [3.05, 3.63) is 54.2 Å². The van der Waals surface area contributed by atoms with Crippen molar-refractivity contribution < 1.29 is 9.18 Å². The summed E-state index contributed by atoms with van der Waals surface area (Å²) in [6.45, 7) is 7.45. The zero-order valence-electron chi connectivity index (χ0n) is 21.8. The van der Waals surface area contributed by atoms with E-state index in [-0.39, 0.29) is 23.6 Å². The van der Waals surface area contributed by atoms with E-state index in [0.29, 0.717) is 44.9 Å². The van der Waals surface area contributed by atoms with Gasteiger partial charge in [0.15, 0.2) is 5.82 Å². The molecule has 1 fully saturated rings. The summed E-state index contributed by atoms with van der Waals surface area (Å²) in [7, 11) is 1.84. The summed E-state index contributed by atoms with van der Waals surface area (Å²) in [4.78, 5) is 30.7. The number of thiazole rings is 1. The molecule has 200 valence electrons. The number of hydrogen-bond acceptors (Lipinski definition) is 8. The van der Waals surface area contributed by atoms with Crippen molar-refractivity contribution in [2.24, 2.45) is 7.05 Å². The lowest BCUT2D eigenvalue weighted by molar-refractivity contribution is 0.112. The maximum atomic E-state index is 15.2. The summed E-state index contributed by atoms with van der Waals surface area (Å²) >= 11 is 1.25. The van der Waals surface area contributed by atoms with Gasteiger partial charge in [0.05, 0.1) is 38.3 Å². The number of nitrogens with zero attached hydrogens (tertiary/aromatic N) is 7. The number of piperazine rings is 1. The maximum absolute atomic E-state index is 15.2. The number of likely N-dealkylation sites (N-methyl/N-ethyl adjacent to an activating group) is 1. The lowest BCUT2D eigenvalue weighted by Gasteiger charge is -2.39. The number of nitrogens with one attached hydrogen (secondary N) is 2. The largest absolute Gasteiger partial charge is 0.337 e. The highest BCUT2D eigenvalue weighted by Gasteiger charge is 2.27. The number of carbonyl (C=O) groups excluding carboxylic acids is 1. The molecule has 1 aliphatic rings. The molecule has 0 spiro atoms. The molecule has 1 saturated heterocycles. The second-order valence-electron chi connectivity index (χ2n) is 9.63. The number of urea groups is 1. The third kappa shape index (κ3) is 4.77. The van der Waals surface area contributed by atoms with E-state index in [9.17, 15) is 4.79 Å². The number of fused-ring (bicyclic) bond motifs is 2. The molecule has 0 radical (unpaired) electrons. The third-order valence-electron chi connectivity index (χ3n) is 7.12. The van der Waals surface area contributed by atoms with Crippen LogP contribution in [0.2, 0.25) is 0 Å². The van der Waals surface area contributed by atoms with Crippen molar-refractivity contribution in [1.82, 2.24) is 34.5 Å². The predicted octanol–water partition coefficient (Wildman–Crippen LogP) is 5.08. The highest BCUT2D eigenvalue weighted by Crippen LogP contribution is 2.35. The van der Waals surface area contributed by atoms with Gasteiger partial charge in [0, 0.05) is 49.9 Å². The Morgan fingerprint density at radius 1 is 1.13 bits per heavy atom. The topological polar surface area (TPSA) is 104 Å². The van der Waals surface area contributed by atoms with Crippen molar-refractivity contribution >= 4 is 55.7 Å². The molecule has 12 heteroatoms. The normalized spacial score (nSPS) is 16.2. The molecular weight excluding hydrogens is 517 g/mol. The van der Waals surface area contributed by atoms with Crippen molar-refractivity contribution in [3.8, 4) is 11.3 Å². The second-order valence-corrected chi connectivity index (χ2v) is 10.5. The second kappa shape index (κ2) is 10.2. The summed E-state index contributed by atoms with van der Waals surface area (Å²) in [5.41, 5.74) is 5.16. The van der Waals surface area contributed by atoms with Gasteiger partial charge in [-0.2, -0.15) is 5.10 Å². The summed E-state index contributed by atoms with van der Waals surface area (Å²) < 4.78 is 17.4. The molecule has 4 heterocycles. The smallest absolute Gasteiger partial charge is 0.322 e. The number of benzene rings is 2. The van der Waals surface area contributed by atoms with E-state index in [1.54, 1.807) is 22.3 Å². The van der Waals surface area contributed by atoms with Gasteiger partial charge in [-0.05, 0) is 43.8 Å². The van der Waals surface area contributed by atoms with Gasteiger partial charge in [0.25, 0.3) is 0 Å². The minimum Gasteiger partial charge on any atom is -0.337 e. The lowest BCUT2D eigenvalue weighted by Crippen LogP contribution is -2.54. The molecule has 1 aliphatic heterocycles. The Labute approximate surface area is 228 Å². The standard InChI is InChI=1S/C27H28FN9OS/c1-4-36-9-10-37(16(2)13-36)27(38)33-23-12-18-22(11-17(23)19-7-8-35(3)34-19)29-14-30-26(18)32-20-5-6-21-25(24(20)28)39-15-31-21/h5-8,11-12,14-16H,4,9-10,13H2,1-3H3,(H,33,38)(H,29,30,32)/t16-/m0/s1. The zero-order valence-corrected chi connectivity index (χ0v) is 22.7. The van der Waals surface area contributed by atoms with Crippen LogP contribution in [0.25, 0.3) is 32.4 Å². The fraction of sp³-hybridized carbons (Fsp3) is 0.296. The minimum atomic E-state index is -0.388. The molecule has 2 N–H and O–H groups in total. The van der Waals surface area contributed by atoms with Gasteiger partial charge in [0.2, 0.25) is 0 Å². The Hall–Kier alpha value is -4.16. The average Bonchev–Trinajstić information content (AvgIpc) is 3.59. The van der Waals surface area contributed by atoms with E-state index >= 15 is 4.39 Å². The first-order valence-corrected chi connectivity index (χ1v) is 13.7. The van der Waals surface area contributed by atoms with Gasteiger partial charge < -0.3 is 15.5 Å². The van der Waals surface area contributed by atoms with E-state index in [1.807, 2.05) is 36.3 Å². The fourth-order valence-corrected chi connectivity index (χ4v) is 5.73. The SMILES string of the molecule is CCN1CCN(C(=O)Nc2cc3c(Nc4ccc5ncsc5c4F)ncnc3cc2-c2ccn(C)n2)[C@@H](C)C1. The number of amides is 2. The molecule has 6 rings (SSSR count). The van der Waals surface area contributed by atoms with Crippen LogP contribution in [-0.2, 0) is 7.05 Å². The molecule has 39 heavy (non-hydrogen) atoms. The van der Waals surface area contributed by atoms with E-state index < -0.39 is 0 Å². The third-order valence-corrected chi connectivity index (χ3v) is 7.95. The molecule has 0 aliphatic carbocycles. The lowest BCUT2D eigenvalue weighted by atomic mass is 10.1. The molecule has 0 unspecified atom stereocenters. The zero-order chi connectivity index (χ0) is 27.1. The first-order valence-electron chi connectivity index (χ1n) is 12.8. The molecule has 2 aromatic carbocycles. The Balaban J connectivity index is 1.40. The van der Waals surface area contributed by atoms with E-state index in [2.05, 4.69) is 49.4 Å². The van der Waals surface area contributed by atoms with Gasteiger partial charge in [-0.15, -0.1) is 11.3 Å². The van der Waals surface area contributed by atoms with Gasteiger partial charge in [-0.3, -0.25) is 9.58 Å². The highest BCUT2D eigenvalue weighted by molar-refractivity contribution is 7.16. The van der Waals surface area contributed by atoms with Crippen LogP contribution in [0.1, 0.15) is 13.8 Å². The summed E-state index contributed by atoms with van der Waals surface area (Å²) in [5, 5.41) is 11.4. The Morgan fingerprint density at radius 3 is 2.77 bits per heavy atom. The number of aryl methyl sites for hydroxylation is 1. The number of rotatable bonds is 5. The van der Waals surface area contributed by atoms with Gasteiger partial charge in [-0.1, -0.05) is 6.92 Å². The first kappa shape index (κ1) is 25.1. The van der Waals surface area contributed by atoms with Crippen molar-refractivity contribution in [2.75, 3.05) is 36.8 Å². The van der Waals surface area contributed by atoms with Gasteiger partial charge >= 0.3 is 6.03 Å². The first-order chi connectivity index (χ1) is 18.9. The summed E-state index contributed by atoms with van der Waals surface area (Å²) in [6.07, 6.45) is 3.28. The van der Waals surface area contributed by atoms with Crippen LogP contribution in [0.5, 0.6) is 0 Å². The number of anilines is 3. The number of aromatic nitrogens is 5. The maximum Gasteiger partial charge on any atom is 0.322 e. The molecular formula is C27H28FN9OS. The molecule has 10 nitrogen and oxygen atoms in total. The quantitative estimate of drug-likeness (QED) is 0.317. The molecule has 1 atom stereocenters. The predicted molar refractivity (Wildman–Crippen MR) is 152 cm³/mol. The van der Waals surface area contributed by atoms with Gasteiger partial charge in [0.1, 0.15) is 12.1 Å². The van der Waals surface area contributed by atoms with Crippen LogP contribution in [-0.4, -0.2) is 72.8 Å². The summed E-state index contributed by atoms with van der Waals surface area (Å²) in [6, 6.07) is 8.90. The number of hydrogen-bond donors (Lipinski definition) is 2. The van der Waals surface area contributed by atoms with Crippen LogP contribution in [0.4, 0.5) is 26.4 Å². The van der Waals surface area contributed by atoms with Crippen LogP contribution >= 0.6 is 11.3 Å². The van der Waals surface area contributed by atoms with Gasteiger partial charge in [-0.25, -0.2) is 24.1 Å². The van der Waals surface area contributed by atoms with E-state index in [1.165, 1.54) is 17.7 Å². The van der Waals surface area contributed by atoms with Crippen LogP contribution in [0.3, 0.4) is 0 Å². The van der Waals surface area contributed by atoms with Crippen molar-refractivity contribution in [3.63, 3.8) is 0 Å². The van der Waals surface area contributed by atoms with Crippen LogP contribution in [0, 0.1) is 5.82 Å². The van der Waals surface area contributed by atoms with Crippen molar-refractivity contribution in [2.45, 2.75) is 19.9 Å². The molecule has 2 amide bonds. The molecule has 0 saturated carbocycles. The van der Waals surface area contributed by atoms with E-state index in [4.69, 9.17) is 0 Å². The average molecular weight is 546 g/mol. The molecule has 5 aromatic rings.